The Kier molecular flexibility index (Phi) is 9.78. The average Bonchev–Trinajstić information content (AvgIpc) is 3.36. The molecule has 0 saturated heterocycles. The maximum atomic E-state index is 12.5. The van der Waals surface area contributed by atoms with Gasteiger partial charge in [-0.3, -0.25) is 9.59 Å². The molecule has 200 valence electrons. The zero-order valence-electron chi connectivity index (χ0n) is 20.6. The number of amides is 2. The molecule has 4 rings (SSSR count). The van der Waals surface area contributed by atoms with Crippen molar-refractivity contribution in [1.29, 1.82) is 0 Å². The number of hydrazone groups is 1. The van der Waals surface area contributed by atoms with Crippen molar-refractivity contribution < 1.29 is 19.1 Å². The fourth-order valence-electron chi connectivity index (χ4n) is 3.38. The van der Waals surface area contributed by atoms with Gasteiger partial charge in [-0.1, -0.05) is 35.3 Å². The van der Waals surface area contributed by atoms with Crippen LogP contribution < -0.4 is 20.2 Å². The number of anilines is 1. The summed E-state index contributed by atoms with van der Waals surface area (Å²) in [4.78, 5) is 29.3. The molecule has 0 saturated carbocycles. The van der Waals surface area contributed by atoms with Gasteiger partial charge in [-0.15, -0.1) is 11.3 Å². The standard InChI is InChI=1S/C27H21Cl2IN4O4S/c1-15-32-23(14-39-15)17-3-5-18(6-4-17)27(36)34-31-12-16-9-22(30)26(24(10-16)37-2)38-13-25(35)33-19-7-8-20(28)21(29)11-19/h3-12,14H,13H2,1-2H3,(H,33,35)(H,34,36)/b31-12+. The van der Waals surface area contributed by atoms with Gasteiger partial charge in [0.05, 0.1) is 37.6 Å². The van der Waals surface area contributed by atoms with Crippen LogP contribution in [0.15, 0.2) is 65.1 Å². The minimum atomic E-state index is -0.380. The second-order valence-electron chi connectivity index (χ2n) is 8.03. The van der Waals surface area contributed by atoms with Crippen LogP contribution in [-0.2, 0) is 4.79 Å². The van der Waals surface area contributed by atoms with E-state index >= 15 is 0 Å². The monoisotopic (exact) mass is 694 g/mol. The lowest BCUT2D eigenvalue weighted by Crippen LogP contribution is -2.20. The summed E-state index contributed by atoms with van der Waals surface area (Å²) in [7, 11) is 1.49. The molecular weight excluding hydrogens is 674 g/mol. The molecule has 0 unspecified atom stereocenters. The number of methoxy groups -OCH3 is 1. The van der Waals surface area contributed by atoms with E-state index in [9.17, 15) is 9.59 Å². The minimum Gasteiger partial charge on any atom is -0.493 e. The van der Waals surface area contributed by atoms with Gasteiger partial charge in [0.2, 0.25) is 0 Å². The number of carbonyl (C=O) groups is 2. The van der Waals surface area contributed by atoms with Crippen molar-refractivity contribution in [2.24, 2.45) is 5.10 Å². The molecule has 0 fully saturated rings. The predicted molar refractivity (Wildman–Crippen MR) is 164 cm³/mol. The summed E-state index contributed by atoms with van der Waals surface area (Å²) >= 11 is 15.5. The second-order valence-corrected chi connectivity index (χ2v) is 11.1. The summed E-state index contributed by atoms with van der Waals surface area (Å²) in [5.74, 6) is 0.0834. The number of hydrogen-bond donors (Lipinski definition) is 2. The van der Waals surface area contributed by atoms with E-state index in [4.69, 9.17) is 32.7 Å². The van der Waals surface area contributed by atoms with E-state index in [1.165, 1.54) is 13.3 Å². The molecule has 12 heteroatoms. The first-order valence-corrected chi connectivity index (χ1v) is 14.1. The van der Waals surface area contributed by atoms with Crippen LogP contribution in [-0.4, -0.2) is 36.7 Å². The van der Waals surface area contributed by atoms with E-state index in [0.717, 1.165) is 16.3 Å². The van der Waals surface area contributed by atoms with E-state index in [1.54, 1.807) is 53.8 Å². The largest absolute Gasteiger partial charge is 0.493 e. The van der Waals surface area contributed by atoms with Crippen molar-refractivity contribution >= 4 is 80.8 Å². The number of carbonyl (C=O) groups excluding carboxylic acids is 2. The van der Waals surface area contributed by atoms with Crippen LogP contribution in [0.3, 0.4) is 0 Å². The van der Waals surface area contributed by atoms with Crippen LogP contribution in [0.5, 0.6) is 11.5 Å². The molecule has 0 atom stereocenters. The molecule has 0 aliphatic carbocycles. The van der Waals surface area contributed by atoms with Gasteiger partial charge in [0, 0.05) is 22.2 Å². The molecule has 0 aliphatic rings. The van der Waals surface area contributed by atoms with Gasteiger partial charge in [-0.2, -0.15) is 5.10 Å². The highest BCUT2D eigenvalue weighted by molar-refractivity contribution is 14.1. The average molecular weight is 695 g/mol. The molecular formula is C27H21Cl2IN4O4S. The zero-order chi connectivity index (χ0) is 27.9. The third-order valence-corrected chi connectivity index (χ3v) is 7.56. The highest BCUT2D eigenvalue weighted by atomic mass is 127. The Morgan fingerprint density at radius 3 is 2.54 bits per heavy atom. The molecule has 4 aromatic rings. The Hall–Kier alpha value is -3.19. The SMILES string of the molecule is COc1cc(/C=N/NC(=O)c2ccc(-c3csc(C)n3)cc2)cc(I)c1OCC(=O)Nc1ccc(Cl)c(Cl)c1. The lowest BCUT2D eigenvalue weighted by Gasteiger charge is -2.13. The number of thiazole rings is 1. The van der Waals surface area contributed by atoms with Crippen LogP contribution in [0, 0.1) is 10.5 Å². The molecule has 1 heterocycles. The van der Waals surface area contributed by atoms with Crippen LogP contribution >= 0.6 is 57.1 Å². The van der Waals surface area contributed by atoms with Gasteiger partial charge in [0.25, 0.3) is 11.8 Å². The van der Waals surface area contributed by atoms with Gasteiger partial charge < -0.3 is 14.8 Å². The first-order valence-electron chi connectivity index (χ1n) is 11.3. The summed E-state index contributed by atoms with van der Waals surface area (Å²) in [5, 5.41) is 10.5. The zero-order valence-corrected chi connectivity index (χ0v) is 25.1. The number of halogens is 3. The Labute approximate surface area is 252 Å². The Balaban J connectivity index is 1.35. The second kappa shape index (κ2) is 13.2. The number of aromatic nitrogens is 1. The Bertz CT molecular complexity index is 1540. The molecule has 0 spiro atoms. The fourth-order valence-corrected chi connectivity index (χ4v) is 5.08. The summed E-state index contributed by atoms with van der Waals surface area (Å²) in [5.41, 5.74) is 5.98. The minimum absolute atomic E-state index is 0.253. The predicted octanol–water partition coefficient (Wildman–Crippen LogP) is 6.82. The van der Waals surface area contributed by atoms with E-state index in [0.29, 0.717) is 41.9 Å². The van der Waals surface area contributed by atoms with Crippen LogP contribution in [0.25, 0.3) is 11.3 Å². The topological polar surface area (TPSA) is 102 Å². The summed E-state index contributed by atoms with van der Waals surface area (Å²) in [6, 6.07) is 15.4. The Morgan fingerprint density at radius 1 is 1.10 bits per heavy atom. The molecule has 3 aromatic carbocycles. The Morgan fingerprint density at radius 2 is 1.87 bits per heavy atom. The highest BCUT2D eigenvalue weighted by Gasteiger charge is 2.14. The van der Waals surface area contributed by atoms with Gasteiger partial charge >= 0.3 is 0 Å². The number of aryl methyl sites for hydroxylation is 1. The molecule has 2 N–H and O–H groups in total. The number of rotatable bonds is 9. The normalized spacial score (nSPS) is 10.9. The molecule has 0 radical (unpaired) electrons. The van der Waals surface area contributed by atoms with Crippen molar-refractivity contribution in [1.82, 2.24) is 10.4 Å². The third kappa shape index (κ3) is 7.69. The number of nitrogens with one attached hydrogen (secondary N) is 2. The van der Waals surface area contributed by atoms with E-state index in [2.05, 4.69) is 43.4 Å². The number of benzene rings is 3. The van der Waals surface area contributed by atoms with E-state index < -0.39 is 0 Å². The van der Waals surface area contributed by atoms with Crippen molar-refractivity contribution in [2.45, 2.75) is 6.92 Å². The first kappa shape index (κ1) is 28.8. The number of hydrogen-bond acceptors (Lipinski definition) is 7. The van der Waals surface area contributed by atoms with Gasteiger partial charge in [0.1, 0.15) is 0 Å². The summed E-state index contributed by atoms with van der Waals surface area (Å²) < 4.78 is 11.9. The molecule has 1 aromatic heterocycles. The van der Waals surface area contributed by atoms with Crippen LogP contribution in [0.4, 0.5) is 5.69 Å². The van der Waals surface area contributed by atoms with E-state index in [1.807, 2.05) is 24.4 Å². The van der Waals surface area contributed by atoms with Crippen LogP contribution in [0.1, 0.15) is 20.9 Å². The lowest BCUT2D eigenvalue weighted by molar-refractivity contribution is -0.118. The first-order chi connectivity index (χ1) is 18.7. The van der Waals surface area contributed by atoms with Gasteiger partial charge in [-0.25, -0.2) is 10.4 Å². The smallest absolute Gasteiger partial charge is 0.271 e. The molecule has 39 heavy (non-hydrogen) atoms. The fraction of sp³-hybridized carbons (Fsp3) is 0.111. The van der Waals surface area contributed by atoms with Gasteiger partial charge in [0.15, 0.2) is 18.1 Å². The number of ether oxygens (including phenoxy) is 2. The quantitative estimate of drug-likeness (QED) is 0.114. The van der Waals surface area contributed by atoms with Crippen molar-refractivity contribution in [2.75, 3.05) is 19.0 Å². The maximum Gasteiger partial charge on any atom is 0.271 e. The molecule has 0 bridgehead atoms. The molecule has 0 aliphatic heterocycles. The third-order valence-electron chi connectivity index (χ3n) is 5.24. The molecule has 2 amide bonds. The maximum absolute atomic E-state index is 12.5. The number of nitrogens with zero attached hydrogens (tertiary/aromatic N) is 2. The van der Waals surface area contributed by atoms with Crippen molar-refractivity contribution in [3.8, 4) is 22.8 Å². The van der Waals surface area contributed by atoms with Crippen molar-refractivity contribution in [3.63, 3.8) is 0 Å². The van der Waals surface area contributed by atoms with Crippen molar-refractivity contribution in [3.05, 3.63) is 89.7 Å². The lowest BCUT2D eigenvalue weighted by atomic mass is 10.1. The van der Waals surface area contributed by atoms with E-state index in [-0.39, 0.29) is 18.4 Å². The summed E-state index contributed by atoms with van der Waals surface area (Å²) in [6.45, 7) is 1.70. The van der Waals surface area contributed by atoms with Gasteiger partial charge in [-0.05, 0) is 77.5 Å². The van der Waals surface area contributed by atoms with Crippen LogP contribution in [0.2, 0.25) is 10.0 Å². The highest BCUT2D eigenvalue weighted by Crippen LogP contribution is 2.33. The molecule has 8 nitrogen and oxygen atoms in total. The summed E-state index contributed by atoms with van der Waals surface area (Å²) in [6.07, 6.45) is 1.50.